The van der Waals surface area contributed by atoms with Gasteiger partial charge in [-0.1, -0.05) is 6.07 Å². The number of amides is 1. The number of likely N-dealkylation sites (tertiary alicyclic amines) is 1. The molecule has 0 spiro atoms. The predicted octanol–water partition coefficient (Wildman–Crippen LogP) is 0.887. The molecule has 1 amide bonds. The van der Waals surface area contributed by atoms with Gasteiger partial charge in [-0.3, -0.25) is 14.4 Å². The van der Waals surface area contributed by atoms with Crippen LogP contribution in [0.1, 0.15) is 27.5 Å². The highest BCUT2D eigenvalue weighted by Gasteiger charge is 2.52. The Labute approximate surface area is 210 Å². The van der Waals surface area contributed by atoms with E-state index in [0.29, 0.717) is 54.7 Å². The van der Waals surface area contributed by atoms with Crippen molar-refractivity contribution in [2.24, 2.45) is 5.92 Å². The smallest absolute Gasteiger partial charge is 0.291 e. The lowest BCUT2D eigenvalue weighted by molar-refractivity contribution is -0.907. The van der Waals surface area contributed by atoms with Crippen molar-refractivity contribution in [3.63, 3.8) is 0 Å². The molecule has 192 valence electrons. The van der Waals surface area contributed by atoms with Crippen LogP contribution in [0.5, 0.6) is 17.2 Å². The number of hydrogen-bond acceptors (Lipinski definition) is 7. The van der Waals surface area contributed by atoms with E-state index in [0.717, 1.165) is 18.7 Å². The number of methoxy groups -OCH3 is 3. The molecule has 0 aliphatic carbocycles. The van der Waals surface area contributed by atoms with Gasteiger partial charge < -0.3 is 28.7 Å². The lowest BCUT2D eigenvalue weighted by Gasteiger charge is -2.30. The molecule has 2 atom stereocenters. The minimum absolute atomic E-state index is 0.352. The second-order valence-corrected chi connectivity index (χ2v) is 9.06. The highest BCUT2D eigenvalue weighted by molar-refractivity contribution is 6.44. The van der Waals surface area contributed by atoms with Crippen molar-refractivity contribution in [1.29, 1.82) is 0 Å². The summed E-state index contributed by atoms with van der Waals surface area (Å²) < 4.78 is 21.6. The molecule has 0 saturated carbocycles. The van der Waals surface area contributed by atoms with E-state index in [1.807, 2.05) is 6.92 Å². The average molecular weight is 498 g/mol. The number of ether oxygens (including phenoxy) is 4. The lowest BCUT2D eigenvalue weighted by Crippen LogP contribution is -3.14. The zero-order chi connectivity index (χ0) is 25.8. The molecule has 9 heteroatoms. The van der Waals surface area contributed by atoms with E-state index in [-0.39, 0.29) is 5.78 Å². The number of rotatable bonds is 9. The van der Waals surface area contributed by atoms with Crippen molar-refractivity contribution in [2.45, 2.75) is 13.0 Å². The molecule has 9 nitrogen and oxygen atoms in total. The zero-order valence-electron chi connectivity index (χ0n) is 21.2. The summed E-state index contributed by atoms with van der Waals surface area (Å²) in [6.07, 6.45) is 0. The number of ketones is 2. The fraction of sp³-hybridized carbons (Fsp3) is 0.444. The van der Waals surface area contributed by atoms with E-state index in [1.54, 1.807) is 48.4 Å². The fourth-order valence-electron chi connectivity index (χ4n) is 5.04. The van der Waals surface area contributed by atoms with Gasteiger partial charge in [-0.15, -0.1) is 0 Å². The Hall–Kier alpha value is -3.43. The van der Waals surface area contributed by atoms with Crippen molar-refractivity contribution in [3.8, 4) is 17.2 Å². The van der Waals surface area contributed by atoms with Gasteiger partial charge in [0.15, 0.2) is 17.3 Å². The van der Waals surface area contributed by atoms with E-state index >= 15 is 0 Å². The van der Waals surface area contributed by atoms with Gasteiger partial charge in [-0.25, -0.2) is 0 Å². The summed E-state index contributed by atoms with van der Waals surface area (Å²) in [4.78, 5) is 43.2. The molecule has 2 aliphatic rings. The van der Waals surface area contributed by atoms with Gasteiger partial charge in [0, 0.05) is 5.56 Å². The van der Waals surface area contributed by atoms with Crippen molar-refractivity contribution < 1.29 is 38.2 Å². The molecule has 4 rings (SSSR count). The third-order valence-corrected chi connectivity index (χ3v) is 7.02. The second-order valence-electron chi connectivity index (χ2n) is 9.06. The van der Waals surface area contributed by atoms with Crippen LogP contribution in [0.15, 0.2) is 36.4 Å². The van der Waals surface area contributed by atoms with E-state index in [4.69, 9.17) is 18.9 Å². The van der Waals surface area contributed by atoms with Crippen LogP contribution in [0.2, 0.25) is 0 Å². The Morgan fingerprint density at radius 2 is 1.64 bits per heavy atom. The predicted molar refractivity (Wildman–Crippen MR) is 131 cm³/mol. The minimum Gasteiger partial charge on any atom is -0.496 e. The van der Waals surface area contributed by atoms with Gasteiger partial charge in [-0.2, -0.15) is 0 Å². The van der Waals surface area contributed by atoms with Gasteiger partial charge >= 0.3 is 0 Å². The van der Waals surface area contributed by atoms with Crippen molar-refractivity contribution in [2.75, 3.05) is 60.7 Å². The Morgan fingerprint density at radius 3 is 2.28 bits per heavy atom. The molecule has 1 N–H and O–H groups in total. The SMILES string of the molecule is COc1ccc(C(=O)C2C(=O)C(=O)N(CC[NH+]3CCOCC3)C2c2ccc(OC)c(OC)c2)cc1C. The molecular weight excluding hydrogens is 464 g/mol. The average Bonchev–Trinajstić information content (AvgIpc) is 3.16. The summed E-state index contributed by atoms with van der Waals surface area (Å²) in [7, 11) is 4.62. The largest absolute Gasteiger partial charge is 0.496 e. The van der Waals surface area contributed by atoms with Gasteiger partial charge in [-0.05, 0) is 48.4 Å². The van der Waals surface area contributed by atoms with Gasteiger partial charge in [0.05, 0.1) is 53.7 Å². The highest BCUT2D eigenvalue weighted by atomic mass is 16.5. The summed E-state index contributed by atoms with van der Waals surface area (Å²) in [6.45, 7) is 5.85. The summed E-state index contributed by atoms with van der Waals surface area (Å²) in [6, 6.07) is 9.54. The van der Waals surface area contributed by atoms with E-state index in [9.17, 15) is 14.4 Å². The topological polar surface area (TPSA) is 95.8 Å². The summed E-state index contributed by atoms with van der Waals surface area (Å²) in [5, 5.41) is 0. The maximum absolute atomic E-state index is 13.7. The van der Waals surface area contributed by atoms with Crippen molar-refractivity contribution in [1.82, 2.24) is 4.90 Å². The van der Waals surface area contributed by atoms with Crippen LogP contribution >= 0.6 is 0 Å². The summed E-state index contributed by atoms with van der Waals surface area (Å²) >= 11 is 0. The maximum atomic E-state index is 13.7. The molecule has 0 radical (unpaired) electrons. The zero-order valence-corrected chi connectivity index (χ0v) is 21.2. The molecular formula is C27H33N2O7+. The van der Waals surface area contributed by atoms with E-state index < -0.39 is 23.7 Å². The van der Waals surface area contributed by atoms with E-state index in [2.05, 4.69) is 0 Å². The van der Waals surface area contributed by atoms with Crippen LogP contribution in [0, 0.1) is 12.8 Å². The molecule has 36 heavy (non-hydrogen) atoms. The van der Waals surface area contributed by atoms with Gasteiger partial charge in [0.25, 0.3) is 5.91 Å². The van der Waals surface area contributed by atoms with Crippen LogP contribution < -0.4 is 19.1 Å². The first-order chi connectivity index (χ1) is 17.4. The number of benzene rings is 2. The summed E-state index contributed by atoms with van der Waals surface area (Å²) in [5.74, 6) is -1.24. The molecule has 0 bridgehead atoms. The second kappa shape index (κ2) is 11.1. The first kappa shape index (κ1) is 25.7. The van der Waals surface area contributed by atoms with Crippen molar-refractivity contribution >= 4 is 17.5 Å². The quantitative estimate of drug-likeness (QED) is 0.312. The lowest BCUT2D eigenvalue weighted by atomic mass is 9.85. The Morgan fingerprint density at radius 1 is 0.972 bits per heavy atom. The van der Waals surface area contributed by atoms with Crippen LogP contribution in [0.4, 0.5) is 0 Å². The number of quaternary nitrogens is 1. The number of nitrogens with one attached hydrogen (secondary N) is 1. The molecule has 2 aliphatic heterocycles. The van der Waals surface area contributed by atoms with Gasteiger partial charge in [0.1, 0.15) is 24.8 Å². The number of carbonyl (C=O) groups excluding carboxylic acids is 3. The Kier molecular flexibility index (Phi) is 7.91. The first-order valence-corrected chi connectivity index (χ1v) is 12.1. The standard InChI is InChI=1S/C27H32N2O7/c1-17-15-19(6-7-20(17)33-2)25(30)23-24(18-5-8-21(34-3)22(16-18)35-4)29(27(32)26(23)31)10-9-28-11-13-36-14-12-28/h5-8,15-16,23-24H,9-14H2,1-4H3/p+1. The first-order valence-electron chi connectivity index (χ1n) is 12.1. The summed E-state index contributed by atoms with van der Waals surface area (Å²) in [5.41, 5.74) is 1.79. The fourth-order valence-corrected chi connectivity index (χ4v) is 5.04. The maximum Gasteiger partial charge on any atom is 0.291 e. The molecule has 2 saturated heterocycles. The molecule has 2 heterocycles. The Bertz CT molecular complexity index is 1140. The number of Topliss-reactive ketones (excluding diaryl/α,β-unsaturated/α-hetero) is 2. The highest BCUT2D eigenvalue weighted by Crippen LogP contribution is 2.41. The molecule has 2 aromatic rings. The molecule has 2 aromatic carbocycles. The number of carbonyl (C=O) groups is 3. The van der Waals surface area contributed by atoms with Crippen LogP contribution in [-0.4, -0.2) is 83.1 Å². The van der Waals surface area contributed by atoms with Crippen molar-refractivity contribution in [3.05, 3.63) is 53.1 Å². The van der Waals surface area contributed by atoms with Crippen LogP contribution in [0.3, 0.4) is 0 Å². The third kappa shape index (κ3) is 4.94. The molecule has 2 unspecified atom stereocenters. The number of morpholine rings is 1. The minimum atomic E-state index is -1.16. The number of nitrogens with zero attached hydrogens (tertiary/aromatic N) is 1. The number of hydrogen-bond donors (Lipinski definition) is 1. The van der Waals surface area contributed by atoms with Crippen LogP contribution in [-0.2, 0) is 14.3 Å². The Balaban J connectivity index is 1.72. The van der Waals surface area contributed by atoms with Crippen LogP contribution in [0.25, 0.3) is 0 Å². The monoisotopic (exact) mass is 497 g/mol. The normalized spacial score (nSPS) is 20.5. The number of aryl methyl sites for hydroxylation is 1. The van der Waals surface area contributed by atoms with Gasteiger partial charge in [0.2, 0.25) is 5.78 Å². The van der Waals surface area contributed by atoms with E-state index in [1.165, 1.54) is 19.1 Å². The molecule has 0 aromatic heterocycles. The molecule has 2 fully saturated rings. The third-order valence-electron chi connectivity index (χ3n) is 7.02.